The molecule has 7 heteroatoms. The van der Waals surface area contributed by atoms with Gasteiger partial charge >= 0.3 is 0 Å². The van der Waals surface area contributed by atoms with E-state index in [9.17, 15) is 14.0 Å². The topological polar surface area (TPSA) is 76.7 Å². The van der Waals surface area contributed by atoms with Gasteiger partial charge in [-0.3, -0.25) is 9.59 Å². The van der Waals surface area contributed by atoms with Crippen LogP contribution in [0.25, 0.3) is 0 Å². The Hall–Kier alpha value is -3.09. The van der Waals surface area contributed by atoms with Crippen molar-refractivity contribution in [2.75, 3.05) is 13.2 Å². The third-order valence-electron chi connectivity index (χ3n) is 4.43. The number of fused-ring (bicyclic) bond motifs is 1. The van der Waals surface area contributed by atoms with E-state index in [0.29, 0.717) is 18.1 Å². The van der Waals surface area contributed by atoms with E-state index < -0.39 is 17.8 Å². The molecule has 0 spiro atoms. The van der Waals surface area contributed by atoms with E-state index >= 15 is 0 Å². The molecule has 2 atom stereocenters. The molecule has 0 bridgehead atoms. The first-order valence-corrected chi connectivity index (χ1v) is 9.17. The van der Waals surface area contributed by atoms with Gasteiger partial charge in [0.05, 0.1) is 12.1 Å². The number of hydrogen-bond acceptors (Lipinski definition) is 4. The van der Waals surface area contributed by atoms with E-state index in [-0.39, 0.29) is 30.0 Å². The Bertz CT molecular complexity index is 856. The van der Waals surface area contributed by atoms with E-state index in [2.05, 4.69) is 10.6 Å². The number of carbonyl (C=O) groups is 2. The van der Waals surface area contributed by atoms with Gasteiger partial charge in [0.15, 0.2) is 11.5 Å². The molecule has 148 valence electrons. The molecule has 2 amide bonds. The van der Waals surface area contributed by atoms with E-state index in [1.165, 1.54) is 18.2 Å². The van der Waals surface area contributed by atoms with Crippen molar-refractivity contribution in [3.05, 3.63) is 59.9 Å². The van der Waals surface area contributed by atoms with E-state index in [4.69, 9.17) is 9.47 Å². The van der Waals surface area contributed by atoms with Crippen molar-refractivity contribution in [2.45, 2.75) is 26.0 Å². The van der Waals surface area contributed by atoms with Gasteiger partial charge in [-0.1, -0.05) is 38.1 Å². The van der Waals surface area contributed by atoms with Crippen LogP contribution in [-0.2, 0) is 4.79 Å². The highest BCUT2D eigenvalue weighted by Gasteiger charge is 2.27. The van der Waals surface area contributed by atoms with Gasteiger partial charge in [-0.25, -0.2) is 4.39 Å². The van der Waals surface area contributed by atoms with E-state index in [1.807, 2.05) is 32.0 Å². The zero-order valence-corrected chi connectivity index (χ0v) is 15.8. The fraction of sp³-hybridized carbons (Fsp3) is 0.333. The van der Waals surface area contributed by atoms with Crippen LogP contribution in [0.2, 0.25) is 0 Å². The molecule has 2 N–H and O–H groups in total. The van der Waals surface area contributed by atoms with Crippen molar-refractivity contribution >= 4 is 11.8 Å². The molecule has 1 heterocycles. The van der Waals surface area contributed by atoms with Crippen molar-refractivity contribution in [1.29, 1.82) is 0 Å². The smallest absolute Gasteiger partial charge is 0.254 e. The van der Waals surface area contributed by atoms with E-state index in [1.54, 1.807) is 12.1 Å². The predicted octanol–water partition coefficient (Wildman–Crippen LogP) is 2.54. The predicted molar refractivity (Wildman–Crippen MR) is 102 cm³/mol. The van der Waals surface area contributed by atoms with Gasteiger partial charge in [0, 0.05) is 0 Å². The maximum absolute atomic E-state index is 13.8. The third-order valence-corrected chi connectivity index (χ3v) is 4.43. The molecule has 0 aromatic heterocycles. The summed E-state index contributed by atoms with van der Waals surface area (Å²) >= 11 is 0. The average molecular weight is 386 g/mol. The Morgan fingerprint density at radius 2 is 1.79 bits per heavy atom. The lowest BCUT2D eigenvalue weighted by atomic mass is 10.0. The normalized spacial score (nSPS) is 16.4. The number of rotatable bonds is 6. The Kier molecular flexibility index (Phi) is 6.13. The number of benzene rings is 2. The summed E-state index contributed by atoms with van der Waals surface area (Å²) in [5.74, 6) is -0.502. The summed E-state index contributed by atoms with van der Waals surface area (Å²) in [5, 5.41) is 5.40. The van der Waals surface area contributed by atoms with Gasteiger partial charge in [0.1, 0.15) is 24.6 Å². The zero-order valence-electron chi connectivity index (χ0n) is 15.8. The van der Waals surface area contributed by atoms with Crippen LogP contribution in [0.5, 0.6) is 11.5 Å². The lowest BCUT2D eigenvalue weighted by molar-refractivity contribution is -0.124. The number of ether oxygens (including phenoxy) is 2. The lowest BCUT2D eigenvalue weighted by Crippen LogP contribution is -2.52. The second kappa shape index (κ2) is 8.73. The van der Waals surface area contributed by atoms with Crippen LogP contribution in [0.3, 0.4) is 0 Å². The molecule has 0 radical (unpaired) electrons. The summed E-state index contributed by atoms with van der Waals surface area (Å²) in [7, 11) is 0. The summed E-state index contributed by atoms with van der Waals surface area (Å²) < 4.78 is 25.2. The minimum atomic E-state index is -0.802. The molecule has 0 saturated carbocycles. The standard InChI is InChI=1S/C21H23FN2O4/c1-13(2)19(24-20(25)15-7-3-4-8-16(15)22)21(26)23-11-14-12-27-17-9-5-6-10-18(17)28-14/h3-10,13-14,19H,11-12H2,1-2H3,(H,23,26)(H,24,25)/t14-,19+/m1/s1. The van der Waals surface area contributed by atoms with Gasteiger partial charge in [0.25, 0.3) is 5.91 Å². The van der Waals surface area contributed by atoms with Crippen LogP contribution in [0.1, 0.15) is 24.2 Å². The molecule has 1 aliphatic heterocycles. The Balaban J connectivity index is 1.58. The SMILES string of the molecule is CC(C)[C@H](NC(=O)c1ccccc1F)C(=O)NC[C@@H]1COc2ccccc2O1. The largest absolute Gasteiger partial charge is 0.486 e. The molecule has 3 rings (SSSR count). The van der Waals surface area contributed by atoms with Crippen LogP contribution < -0.4 is 20.1 Å². The third kappa shape index (κ3) is 4.60. The molecule has 0 fully saturated rings. The Morgan fingerprint density at radius 1 is 1.11 bits per heavy atom. The summed E-state index contributed by atoms with van der Waals surface area (Å²) in [4.78, 5) is 25.0. The van der Waals surface area contributed by atoms with Crippen LogP contribution in [0, 0.1) is 11.7 Å². The first kappa shape index (κ1) is 19.7. The van der Waals surface area contributed by atoms with Gasteiger partial charge in [-0.2, -0.15) is 0 Å². The highest BCUT2D eigenvalue weighted by molar-refractivity contribution is 5.97. The van der Waals surface area contributed by atoms with Crippen LogP contribution in [0.15, 0.2) is 48.5 Å². The molecule has 0 aliphatic carbocycles. The van der Waals surface area contributed by atoms with Crippen LogP contribution >= 0.6 is 0 Å². The monoisotopic (exact) mass is 386 g/mol. The zero-order chi connectivity index (χ0) is 20.1. The minimum Gasteiger partial charge on any atom is -0.486 e. The lowest BCUT2D eigenvalue weighted by Gasteiger charge is -2.28. The van der Waals surface area contributed by atoms with Gasteiger partial charge in [-0.15, -0.1) is 0 Å². The van der Waals surface area contributed by atoms with Crippen molar-refractivity contribution in [3.63, 3.8) is 0 Å². The van der Waals surface area contributed by atoms with Gasteiger partial charge in [0.2, 0.25) is 5.91 Å². The second-order valence-electron chi connectivity index (χ2n) is 6.92. The first-order valence-electron chi connectivity index (χ1n) is 9.17. The number of hydrogen-bond donors (Lipinski definition) is 2. The fourth-order valence-corrected chi connectivity index (χ4v) is 2.89. The Morgan fingerprint density at radius 3 is 2.50 bits per heavy atom. The molecule has 0 saturated heterocycles. The average Bonchev–Trinajstić information content (AvgIpc) is 2.70. The molecule has 28 heavy (non-hydrogen) atoms. The van der Waals surface area contributed by atoms with Crippen molar-refractivity contribution < 1.29 is 23.5 Å². The van der Waals surface area contributed by atoms with Crippen molar-refractivity contribution in [1.82, 2.24) is 10.6 Å². The number of halogens is 1. The molecular weight excluding hydrogens is 363 g/mol. The highest BCUT2D eigenvalue weighted by Crippen LogP contribution is 2.30. The Labute approximate surface area is 163 Å². The van der Waals surface area contributed by atoms with Crippen LogP contribution in [-0.4, -0.2) is 37.1 Å². The summed E-state index contributed by atoms with van der Waals surface area (Å²) in [5.41, 5.74) is -0.0958. The maximum atomic E-state index is 13.8. The summed E-state index contributed by atoms with van der Waals surface area (Å²) in [6.07, 6.45) is -0.339. The first-order chi connectivity index (χ1) is 13.5. The van der Waals surface area contributed by atoms with Gasteiger partial charge in [-0.05, 0) is 30.2 Å². The highest BCUT2D eigenvalue weighted by atomic mass is 19.1. The fourth-order valence-electron chi connectivity index (χ4n) is 2.89. The second-order valence-corrected chi connectivity index (χ2v) is 6.92. The molecule has 0 unspecified atom stereocenters. The number of para-hydroxylation sites is 2. The van der Waals surface area contributed by atoms with Crippen LogP contribution in [0.4, 0.5) is 4.39 Å². The molecular formula is C21H23FN2O4. The van der Waals surface area contributed by atoms with Gasteiger partial charge < -0.3 is 20.1 Å². The van der Waals surface area contributed by atoms with E-state index in [0.717, 1.165) is 0 Å². The minimum absolute atomic E-state index is 0.0958. The number of nitrogens with one attached hydrogen (secondary N) is 2. The number of carbonyl (C=O) groups excluding carboxylic acids is 2. The quantitative estimate of drug-likeness (QED) is 0.800. The maximum Gasteiger partial charge on any atom is 0.254 e. The number of amides is 2. The van der Waals surface area contributed by atoms with Crippen molar-refractivity contribution in [2.24, 2.45) is 5.92 Å². The molecule has 1 aliphatic rings. The molecule has 6 nitrogen and oxygen atoms in total. The summed E-state index contributed by atoms with van der Waals surface area (Å²) in [6, 6.07) is 12.2. The van der Waals surface area contributed by atoms with Crippen molar-refractivity contribution in [3.8, 4) is 11.5 Å². The molecule has 2 aromatic rings. The summed E-state index contributed by atoms with van der Waals surface area (Å²) in [6.45, 7) is 4.15. The molecule has 2 aromatic carbocycles.